The summed E-state index contributed by atoms with van der Waals surface area (Å²) in [4.78, 5) is 35.7. The predicted molar refractivity (Wildman–Crippen MR) is 239 cm³/mol. The molecule has 0 spiro atoms. The Morgan fingerprint density at radius 3 is 1.38 bits per heavy atom. The van der Waals surface area contributed by atoms with Gasteiger partial charge in [-0.3, -0.25) is 18.6 Å². The summed E-state index contributed by atoms with van der Waals surface area (Å²) < 4.78 is 33.5. The number of rotatable bonds is 38. The second kappa shape index (κ2) is 37.2. The van der Waals surface area contributed by atoms with E-state index in [-0.39, 0.29) is 12.8 Å². The first-order chi connectivity index (χ1) is 29.4. The number of unbranched alkanes of at least 4 members (excludes halogenated alkanes) is 18. The van der Waals surface area contributed by atoms with Gasteiger partial charge in [-0.1, -0.05) is 159 Å². The monoisotopic (exact) mass is 887 g/mol. The first-order valence-electron chi connectivity index (χ1n) is 23.4. The quantitative estimate of drug-likeness (QED) is 0.0148. The molecule has 0 amide bonds. The Labute approximate surface area is 367 Å². The number of carbonyl (C=O) groups excluding carboxylic acids is 2. The molecule has 0 bridgehead atoms. The van der Waals surface area contributed by atoms with Gasteiger partial charge in [0.05, 0.1) is 6.61 Å². The fraction of sp³-hybridized carbons (Fsp3) is 0.787. The van der Waals surface area contributed by atoms with Crippen LogP contribution in [0.5, 0.6) is 0 Å². The number of aliphatic hydroxyl groups is 5. The van der Waals surface area contributed by atoms with Crippen LogP contribution in [-0.4, -0.2) is 98.3 Å². The highest BCUT2D eigenvalue weighted by Gasteiger charge is 2.51. The van der Waals surface area contributed by atoms with Crippen molar-refractivity contribution in [3.63, 3.8) is 0 Å². The molecule has 1 aliphatic carbocycles. The van der Waals surface area contributed by atoms with Gasteiger partial charge in [0.1, 0.15) is 43.2 Å². The SMILES string of the molecule is CCCCC/C=C\C/C=C\C/C=C\C/C=C\CCCCCC(=O)OC[C@H](COP(=O)(O)OC1C(O)C(O)C(O)[C@@H](O)C1O)OC(=O)CCCCCCCCCCCCCCC. The van der Waals surface area contributed by atoms with E-state index in [2.05, 4.69) is 62.5 Å². The number of phosphoric acid groups is 1. The Morgan fingerprint density at radius 2 is 0.885 bits per heavy atom. The smallest absolute Gasteiger partial charge is 0.462 e. The van der Waals surface area contributed by atoms with Gasteiger partial charge in [-0.15, -0.1) is 0 Å². The molecule has 0 heterocycles. The summed E-state index contributed by atoms with van der Waals surface area (Å²) in [5, 5.41) is 50.1. The fourth-order valence-electron chi connectivity index (χ4n) is 6.86. The Bertz CT molecular complexity index is 1250. The molecular weight excluding hydrogens is 803 g/mol. The molecule has 14 heteroatoms. The molecule has 6 unspecified atom stereocenters. The Kier molecular flexibility index (Phi) is 34.7. The largest absolute Gasteiger partial charge is 0.472 e. The van der Waals surface area contributed by atoms with E-state index in [9.17, 15) is 44.6 Å². The van der Waals surface area contributed by atoms with Gasteiger partial charge in [-0.25, -0.2) is 4.57 Å². The number of hydrogen-bond donors (Lipinski definition) is 6. The zero-order valence-electron chi connectivity index (χ0n) is 37.4. The molecule has 0 aromatic rings. The van der Waals surface area contributed by atoms with Crippen molar-refractivity contribution in [2.75, 3.05) is 13.2 Å². The van der Waals surface area contributed by atoms with E-state index in [4.69, 9.17) is 18.5 Å². The average molecular weight is 887 g/mol. The number of hydrogen-bond acceptors (Lipinski definition) is 12. The van der Waals surface area contributed by atoms with Crippen molar-refractivity contribution < 1.29 is 63.1 Å². The lowest BCUT2D eigenvalue weighted by molar-refractivity contribution is -0.220. The van der Waals surface area contributed by atoms with E-state index in [0.717, 1.165) is 70.6 Å². The highest BCUT2D eigenvalue weighted by Crippen LogP contribution is 2.47. The van der Waals surface area contributed by atoms with Crippen molar-refractivity contribution in [1.82, 2.24) is 0 Å². The topological polar surface area (TPSA) is 210 Å². The minimum Gasteiger partial charge on any atom is -0.462 e. The van der Waals surface area contributed by atoms with Gasteiger partial charge >= 0.3 is 19.8 Å². The molecular formula is C47H83O13P. The summed E-state index contributed by atoms with van der Waals surface area (Å²) >= 11 is 0. The van der Waals surface area contributed by atoms with Crippen LogP contribution in [0.4, 0.5) is 0 Å². The van der Waals surface area contributed by atoms with Crippen LogP contribution in [0.2, 0.25) is 0 Å². The molecule has 6 N–H and O–H groups in total. The third kappa shape index (κ3) is 29.7. The van der Waals surface area contributed by atoms with E-state index < -0.39 is 75.7 Å². The van der Waals surface area contributed by atoms with Crippen LogP contribution >= 0.6 is 7.82 Å². The predicted octanol–water partition coefficient (Wildman–Crippen LogP) is 9.17. The van der Waals surface area contributed by atoms with Crippen molar-refractivity contribution in [3.8, 4) is 0 Å². The molecule has 0 saturated heterocycles. The van der Waals surface area contributed by atoms with Crippen molar-refractivity contribution in [1.29, 1.82) is 0 Å². The molecule has 8 atom stereocenters. The van der Waals surface area contributed by atoms with Gasteiger partial charge in [0, 0.05) is 12.8 Å². The van der Waals surface area contributed by atoms with Crippen LogP contribution in [0.3, 0.4) is 0 Å². The summed E-state index contributed by atoms with van der Waals surface area (Å²) in [5.41, 5.74) is 0. The summed E-state index contributed by atoms with van der Waals surface area (Å²) in [6.45, 7) is 3.24. The summed E-state index contributed by atoms with van der Waals surface area (Å²) in [5.74, 6) is -1.13. The van der Waals surface area contributed by atoms with E-state index in [1.54, 1.807) is 0 Å². The standard InChI is InChI=1S/C47H83O13P/c1-3-5-7-9-11-13-15-17-18-19-20-21-22-24-25-27-29-31-33-35-40(48)57-37-39(38-58-61(55,56)60-47-45(53)43(51)42(50)44(52)46(47)54)59-41(49)36-34-32-30-28-26-23-16-14-12-10-8-6-4-2/h11,13,17-18,20-21,24-25,39,42-47,50-54H,3-10,12,14-16,19,22-23,26-38H2,1-2H3,(H,55,56)/b13-11-,18-17-,21-20-,25-24-/t39-,42?,43-,44?,45?,46?,47?/m1/s1. The van der Waals surface area contributed by atoms with Crippen LogP contribution in [0.15, 0.2) is 48.6 Å². The van der Waals surface area contributed by atoms with Crippen LogP contribution < -0.4 is 0 Å². The lowest BCUT2D eigenvalue weighted by Gasteiger charge is -2.41. The number of allylic oxidation sites excluding steroid dienone is 8. The molecule has 0 aliphatic heterocycles. The molecule has 1 fully saturated rings. The lowest BCUT2D eigenvalue weighted by atomic mass is 9.85. The highest BCUT2D eigenvalue weighted by molar-refractivity contribution is 7.47. The van der Waals surface area contributed by atoms with Crippen LogP contribution in [-0.2, 0) is 32.7 Å². The average Bonchev–Trinajstić information content (AvgIpc) is 3.24. The zero-order valence-corrected chi connectivity index (χ0v) is 38.3. The second-order valence-electron chi connectivity index (χ2n) is 16.3. The van der Waals surface area contributed by atoms with Crippen LogP contribution in [0.1, 0.15) is 181 Å². The van der Waals surface area contributed by atoms with Crippen LogP contribution in [0.25, 0.3) is 0 Å². The normalized spacial score (nSPS) is 22.4. The Morgan fingerprint density at radius 1 is 0.508 bits per heavy atom. The summed E-state index contributed by atoms with van der Waals surface area (Å²) in [6.07, 6.45) is 30.2. The zero-order chi connectivity index (χ0) is 45.0. The molecule has 1 rings (SSSR count). The van der Waals surface area contributed by atoms with Gasteiger partial charge in [-0.05, 0) is 57.8 Å². The van der Waals surface area contributed by atoms with Gasteiger partial charge in [0.25, 0.3) is 0 Å². The number of aliphatic hydroxyl groups excluding tert-OH is 5. The van der Waals surface area contributed by atoms with E-state index in [1.165, 1.54) is 70.6 Å². The molecule has 0 radical (unpaired) electrons. The number of phosphoric ester groups is 1. The maximum Gasteiger partial charge on any atom is 0.472 e. The lowest BCUT2D eigenvalue weighted by Crippen LogP contribution is -2.64. The van der Waals surface area contributed by atoms with Gasteiger partial charge in [0.2, 0.25) is 0 Å². The van der Waals surface area contributed by atoms with Gasteiger partial charge in [0.15, 0.2) is 6.10 Å². The van der Waals surface area contributed by atoms with Crippen molar-refractivity contribution >= 4 is 19.8 Å². The molecule has 0 aromatic carbocycles. The third-order valence-electron chi connectivity index (χ3n) is 10.7. The van der Waals surface area contributed by atoms with Gasteiger partial charge in [-0.2, -0.15) is 0 Å². The number of carbonyl (C=O) groups is 2. The first kappa shape index (κ1) is 56.8. The van der Waals surface area contributed by atoms with E-state index in [1.807, 2.05) is 0 Å². The minimum atomic E-state index is -5.12. The maximum atomic E-state index is 12.8. The Balaban J connectivity index is 2.47. The van der Waals surface area contributed by atoms with Gasteiger partial charge < -0.3 is 39.9 Å². The highest BCUT2D eigenvalue weighted by atomic mass is 31.2. The molecule has 354 valence electrons. The number of esters is 2. The van der Waals surface area contributed by atoms with E-state index in [0.29, 0.717) is 12.8 Å². The fourth-order valence-corrected chi connectivity index (χ4v) is 7.83. The molecule has 13 nitrogen and oxygen atoms in total. The van der Waals surface area contributed by atoms with E-state index >= 15 is 0 Å². The van der Waals surface area contributed by atoms with Crippen molar-refractivity contribution in [3.05, 3.63) is 48.6 Å². The molecule has 61 heavy (non-hydrogen) atoms. The molecule has 1 saturated carbocycles. The number of ether oxygens (including phenoxy) is 2. The van der Waals surface area contributed by atoms with Crippen LogP contribution in [0, 0.1) is 0 Å². The Hall–Kier alpha value is -2.19. The molecule has 0 aromatic heterocycles. The summed E-state index contributed by atoms with van der Waals surface area (Å²) in [6, 6.07) is 0. The first-order valence-corrected chi connectivity index (χ1v) is 24.9. The maximum absolute atomic E-state index is 12.8. The second-order valence-corrected chi connectivity index (χ2v) is 17.7. The third-order valence-corrected chi connectivity index (χ3v) is 11.7. The minimum absolute atomic E-state index is 0.0908. The van der Waals surface area contributed by atoms with Crippen molar-refractivity contribution in [2.45, 2.75) is 224 Å². The van der Waals surface area contributed by atoms with Crippen molar-refractivity contribution in [2.24, 2.45) is 0 Å². The summed E-state index contributed by atoms with van der Waals surface area (Å²) in [7, 11) is -5.12. The molecule has 1 aliphatic rings.